The van der Waals surface area contributed by atoms with Crippen LogP contribution in [0.1, 0.15) is 45.4 Å². The van der Waals surface area contributed by atoms with Crippen molar-refractivity contribution in [3.8, 4) is 0 Å². The highest BCUT2D eigenvalue weighted by molar-refractivity contribution is 4.98. The van der Waals surface area contributed by atoms with Crippen molar-refractivity contribution in [2.75, 3.05) is 34.2 Å². The summed E-state index contributed by atoms with van der Waals surface area (Å²) in [5.41, 5.74) is 6.59. The Bertz CT molecular complexity index is 212. The second kappa shape index (κ2) is 6.72. The summed E-state index contributed by atoms with van der Waals surface area (Å²) in [6.45, 7) is 4.43. The largest absolute Gasteiger partial charge is 0.327 e. The van der Waals surface area contributed by atoms with Gasteiger partial charge in [0.2, 0.25) is 0 Å². The smallest absolute Gasteiger partial charge is 0.0330 e. The molecular formula is C14H31N3. The molecule has 1 atom stereocenters. The highest BCUT2D eigenvalue weighted by atomic mass is 15.2. The summed E-state index contributed by atoms with van der Waals surface area (Å²) in [4.78, 5) is 4.84. The summed E-state index contributed by atoms with van der Waals surface area (Å²) >= 11 is 0. The zero-order chi connectivity index (χ0) is 12.9. The number of unbranched alkanes of at least 4 members (excludes halogenated alkanes) is 1. The number of likely N-dealkylation sites (N-methyl/N-ethyl adjacent to an activating group) is 2. The average Bonchev–Trinajstić information content (AvgIpc) is 2.19. The van der Waals surface area contributed by atoms with Gasteiger partial charge in [-0.25, -0.2) is 0 Å². The minimum Gasteiger partial charge on any atom is -0.327 e. The van der Waals surface area contributed by atoms with Crippen molar-refractivity contribution < 1.29 is 0 Å². The van der Waals surface area contributed by atoms with Gasteiger partial charge in [0.15, 0.2) is 0 Å². The number of hydrogen-bond acceptors (Lipinski definition) is 3. The fourth-order valence-electron chi connectivity index (χ4n) is 2.86. The molecule has 0 aromatic rings. The van der Waals surface area contributed by atoms with Crippen molar-refractivity contribution in [3.05, 3.63) is 0 Å². The summed E-state index contributed by atoms with van der Waals surface area (Å²) in [7, 11) is 6.64. The van der Waals surface area contributed by atoms with Crippen LogP contribution in [0.4, 0.5) is 0 Å². The van der Waals surface area contributed by atoms with Crippen LogP contribution < -0.4 is 5.73 Å². The molecule has 0 heterocycles. The predicted molar refractivity (Wildman–Crippen MR) is 75.3 cm³/mol. The summed E-state index contributed by atoms with van der Waals surface area (Å²) in [6.07, 6.45) is 7.74. The molecule has 1 saturated carbocycles. The molecule has 1 aliphatic rings. The van der Waals surface area contributed by atoms with E-state index < -0.39 is 0 Å². The van der Waals surface area contributed by atoms with Gasteiger partial charge in [-0.3, -0.25) is 0 Å². The van der Waals surface area contributed by atoms with Crippen LogP contribution in [0.25, 0.3) is 0 Å². The Hall–Kier alpha value is -0.120. The van der Waals surface area contributed by atoms with Crippen LogP contribution in [0.2, 0.25) is 0 Å². The first-order valence-corrected chi connectivity index (χ1v) is 7.12. The van der Waals surface area contributed by atoms with Gasteiger partial charge in [-0.2, -0.15) is 0 Å². The maximum atomic E-state index is 6.16. The van der Waals surface area contributed by atoms with Gasteiger partial charge < -0.3 is 15.5 Å². The molecule has 0 radical (unpaired) electrons. The van der Waals surface area contributed by atoms with E-state index in [2.05, 4.69) is 37.9 Å². The first-order valence-electron chi connectivity index (χ1n) is 7.12. The molecule has 3 nitrogen and oxygen atoms in total. The van der Waals surface area contributed by atoms with Crippen molar-refractivity contribution in [2.45, 2.75) is 57.0 Å². The molecule has 1 unspecified atom stereocenters. The number of hydrogen-bond donors (Lipinski definition) is 1. The van der Waals surface area contributed by atoms with Crippen molar-refractivity contribution in [1.29, 1.82) is 0 Å². The molecule has 1 fully saturated rings. The van der Waals surface area contributed by atoms with Crippen LogP contribution in [0.5, 0.6) is 0 Å². The van der Waals surface area contributed by atoms with Gasteiger partial charge in [0.25, 0.3) is 0 Å². The lowest BCUT2D eigenvalue weighted by molar-refractivity contribution is 0.0263. The molecule has 0 saturated heterocycles. The number of nitrogens with two attached hydrogens (primary N) is 1. The molecule has 1 aliphatic carbocycles. The third-order valence-corrected chi connectivity index (χ3v) is 4.27. The molecule has 17 heavy (non-hydrogen) atoms. The zero-order valence-corrected chi connectivity index (χ0v) is 12.2. The van der Waals surface area contributed by atoms with Gasteiger partial charge in [-0.05, 0) is 46.8 Å². The molecular weight excluding hydrogens is 210 g/mol. The van der Waals surface area contributed by atoms with Crippen LogP contribution in [-0.4, -0.2) is 55.6 Å². The normalized spacial score (nSPS) is 20.6. The molecule has 0 spiro atoms. The lowest BCUT2D eigenvalue weighted by Crippen LogP contribution is -2.57. The lowest BCUT2D eigenvalue weighted by Gasteiger charge is -2.49. The Labute approximate surface area is 107 Å². The van der Waals surface area contributed by atoms with Crippen molar-refractivity contribution in [2.24, 2.45) is 5.73 Å². The van der Waals surface area contributed by atoms with Crippen LogP contribution >= 0.6 is 0 Å². The number of nitrogens with zero attached hydrogens (tertiary/aromatic N) is 2. The summed E-state index contributed by atoms with van der Waals surface area (Å²) in [6, 6.07) is 0.347. The van der Waals surface area contributed by atoms with Crippen molar-refractivity contribution >= 4 is 0 Å². The summed E-state index contributed by atoms with van der Waals surface area (Å²) in [5, 5.41) is 0. The van der Waals surface area contributed by atoms with Gasteiger partial charge in [0, 0.05) is 24.7 Å². The highest BCUT2D eigenvalue weighted by Crippen LogP contribution is 2.36. The molecule has 2 N–H and O–H groups in total. The van der Waals surface area contributed by atoms with E-state index in [4.69, 9.17) is 5.73 Å². The first-order chi connectivity index (χ1) is 8.00. The van der Waals surface area contributed by atoms with E-state index in [1.54, 1.807) is 0 Å². The maximum absolute atomic E-state index is 6.16. The molecule has 0 aliphatic heterocycles. The van der Waals surface area contributed by atoms with Gasteiger partial charge in [0.1, 0.15) is 0 Å². The lowest BCUT2D eigenvalue weighted by atomic mass is 9.75. The molecule has 0 bridgehead atoms. The minimum absolute atomic E-state index is 0.347. The number of rotatable bonds is 8. The maximum Gasteiger partial charge on any atom is 0.0330 e. The molecule has 3 heteroatoms. The first kappa shape index (κ1) is 14.9. The Morgan fingerprint density at radius 2 is 1.88 bits per heavy atom. The summed E-state index contributed by atoms with van der Waals surface area (Å²) in [5.74, 6) is 0. The SMILES string of the molecule is CCCCC(N)CN(C)CC1(N(C)C)CCC1. The zero-order valence-electron chi connectivity index (χ0n) is 12.2. The second-order valence-corrected chi connectivity index (χ2v) is 6.07. The van der Waals surface area contributed by atoms with Crippen molar-refractivity contribution in [1.82, 2.24) is 9.80 Å². The fraction of sp³-hybridized carbons (Fsp3) is 1.00. The van der Waals surface area contributed by atoms with Crippen LogP contribution in [0.15, 0.2) is 0 Å². The van der Waals surface area contributed by atoms with E-state index in [0.717, 1.165) is 13.0 Å². The van der Waals surface area contributed by atoms with E-state index in [9.17, 15) is 0 Å². The van der Waals surface area contributed by atoms with E-state index >= 15 is 0 Å². The molecule has 0 amide bonds. The quantitative estimate of drug-likeness (QED) is 0.705. The van der Waals surface area contributed by atoms with Gasteiger partial charge in [0.05, 0.1) is 0 Å². The minimum atomic E-state index is 0.347. The molecule has 102 valence electrons. The average molecular weight is 241 g/mol. The van der Waals surface area contributed by atoms with Gasteiger partial charge >= 0.3 is 0 Å². The van der Waals surface area contributed by atoms with Gasteiger partial charge in [-0.15, -0.1) is 0 Å². The predicted octanol–water partition coefficient (Wildman–Crippen LogP) is 1.92. The van der Waals surface area contributed by atoms with E-state index in [-0.39, 0.29) is 0 Å². The van der Waals surface area contributed by atoms with Crippen LogP contribution in [0, 0.1) is 0 Å². The topological polar surface area (TPSA) is 32.5 Å². The third kappa shape index (κ3) is 4.23. The van der Waals surface area contributed by atoms with E-state index in [1.165, 1.54) is 38.6 Å². The van der Waals surface area contributed by atoms with E-state index in [0.29, 0.717) is 11.6 Å². The van der Waals surface area contributed by atoms with Crippen LogP contribution in [0.3, 0.4) is 0 Å². The highest BCUT2D eigenvalue weighted by Gasteiger charge is 2.39. The summed E-state index contributed by atoms with van der Waals surface area (Å²) < 4.78 is 0. The second-order valence-electron chi connectivity index (χ2n) is 6.07. The Kier molecular flexibility index (Phi) is 5.90. The molecule has 1 rings (SSSR count). The third-order valence-electron chi connectivity index (χ3n) is 4.27. The fourth-order valence-corrected chi connectivity index (χ4v) is 2.86. The molecule has 0 aromatic carbocycles. The Balaban J connectivity index is 2.30. The monoisotopic (exact) mass is 241 g/mol. The van der Waals surface area contributed by atoms with E-state index in [1.807, 2.05) is 0 Å². The van der Waals surface area contributed by atoms with Gasteiger partial charge in [-0.1, -0.05) is 19.8 Å². The van der Waals surface area contributed by atoms with Crippen LogP contribution in [-0.2, 0) is 0 Å². The Morgan fingerprint density at radius 1 is 1.24 bits per heavy atom. The molecule has 0 aromatic heterocycles. The van der Waals surface area contributed by atoms with Crippen molar-refractivity contribution in [3.63, 3.8) is 0 Å². The standard InChI is InChI=1S/C14H31N3/c1-5-6-8-13(15)11-17(4)12-14(16(2)3)9-7-10-14/h13H,5-12,15H2,1-4H3. The Morgan fingerprint density at radius 3 is 2.29 bits per heavy atom.